The van der Waals surface area contributed by atoms with Crippen LogP contribution in [0.4, 0.5) is 10.1 Å². The normalized spacial score (nSPS) is 10.3. The van der Waals surface area contributed by atoms with Crippen molar-refractivity contribution in [3.63, 3.8) is 0 Å². The van der Waals surface area contributed by atoms with Crippen LogP contribution >= 0.6 is 0 Å². The summed E-state index contributed by atoms with van der Waals surface area (Å²) in [6, 6.07) is 11.4. The van der Waals surface area contributed by atoms with Crippen LogP contribution in [0.15, 0.2) is 42.5 Å². The van der Waals surface area contributed by atoms with Crippen molar-refractivity contribution in [2.24, 2.45) is 0 Å². The molecule has 0 aromatic heterocycles. The highest BCUT2D eigenvalue weighted by molar-refractivity contribution is 5.95. The van der Waals surface area contributed by atoms with Gasteiger partial charge in [-0.2, -0.15) is 0 Å². The first-order chi connectivity index (χ1) is 11.4. The Morgan fingerprint density at radius 2 is 1.88 bits per heavy atom. The first-order valence-electron chi connectivity index (χ1n) is 7.77. The Kier molecular flexibility index (Phi) is 5.68. The predicted molar refractivity (Wildman–Crippen MR) is 92.7 cm³/mol. The van der Waals surface area contributed by atoms with E-state index in [0.717, 1.165) is 16.8 Å². The van der Waals surface area contributed by atoms with Gasteiger partial charge in [-0.3, -0.25) is 9.59 Å². The Morgan fingerprint density at radius 1 is 1.12 bits per heavy atom. The number of aryl methyl sites for hydroxylation is 2. The minimum atomic E-state index is -0.455. The second-order valence-corrected chi connectivity index (χ2v) is 5.73. The van der Waals surface area contributed by atoms with Crippen LogP contribution in [-0.4, -0.2) is 24.9 Å². The zero-order chi connectivity index (χ0) is 17.7. The van der Waals surface area contributed by atoms with Crippen LogP contribution in [0.25, 0.3) is 0 Å². The Morgan fingerprint density at radius 3 is 2.50 bits per heavy atom. The summed E-state index contributed by atoms with van der Waals surface area (Å²) in [4.78, 5) is 25.6. The molecule has 0 fully saturated rings. The molecule has 2 aromatic rings. The first-order valence-corrected chi connectivity index (χ1v) is 7.77. The topological polar surface area (TPSA) is 49.4 Å². The quantitative estimate of drug-likeness (QED) is 0.916. The highest BCUT2D eigenvalue weighted by atomic mass is 19.1. The standard InChI is InChI=1S/C19H21FN2O2/c1-13-7-8-18(14(2)11-13)22(15(3)23)10-9-21-19(24)16-5-4-6-17(20)12-16/h4-8,11-12H,9-10H2,1-3H3,(H,21,24). The lowest BCUT2D eigenvalue weighted by Crippen LogP contribution is -2.38. The van der Waals surface area contributed by atoms with Crippen molar-refractivity contribution in [2.45, 2.75) is 20.8 Å². The van der Waals surface area contributed by atoms with Crippen molar-refractivity contribution in [1.29, 1.82) is 0 Å². The van der Waals surface area contributed by atoms with E-state index < -0.39 is 5.82 Å². The van der Waals surface area contributed by atoms with Gasteiger partial charge in [0.25, 0.3) is 5.91 Å². The molecule has 24 heavy (non-hydrogen) atoms. The summed E-state index contributed by atoms with van der Waals surface area (Å²) >= 11 is 0. The molecule has 126 valence electrons. The van der Waals surface area contributed by atoms with Gasteiger partial charge >= 0.3 is 0 Å². The molecule has 0 aliphatic carbocycles. The molecule has 0 radical (unpaired) electrons. The molecule has 0 spiro atoms. The second-order valence-electron chi connectivity index (χ2n) is 5.73. The molecule has 0 saturated carbocycles. The molecule has 2 rings (SSSR count). The SMILES string of the molecule is CC(=O)N(CCNC(=O)c1cccc(F)c1)c1ccc(C)cc1C. The maximum absolute atomic E-state index is 13.1. The number of nitrogens with zero attached hydrogens (tertiary/aromatic N) is 1. The Balaban J connectivity index is 2.02. The van der Waals surface area contributed by atoms with Crippen molar-refractivity contribution >= 4 is 17.5 Å². The maximum atomic E-state index is 13.1. The second kappa shape index (κ2) is 7.73. The minimum Gasteiger partial charge on any atom is -0.350 e. The summed E-state index contributed by atoms with van der Waals surface area (Å²) in [5, 5.41) is 2.71. The van der Waals surface area contributed by atoms with Gasteiger partial charge in [-0.25, -0.2) is 4.39 Å². The number of benzene rings is 2. The molecule has 4 nitrogen and oxygen atoms in total. The molecular formula is C19H21FN2O2. The van der Waals surface area contributed by atoms with E-state index in [1.807, 2.05) is 32.0 Å². The third-order valence-electron chi connectivity index (χ3n) is 3.73. The number of amides is 2. The summed E-state index contributed by atoms with van der Waals surface area (Å²) in [5.74, 6) is -0.913. The van der Waals surface area contributed by atoms with Crippen LogP contribution in [-0.2, 0) is 4.79 Å². The molecule has 2 aromatic carbocycles. The van der Waals surface area contributed by atoms with E-state index in [1.54, 1.807) is 11.0 Å². The smallest absolute Gasteiger partial charge is 0.251 e. The van der Waals surface area contributed by atoms with Gasteiger partial charge in [-0.15, -0.1) is 0 Å². The van der Waals surface area contributed by atoms with E-state index in [4.69, 9.17) is 0 Å². The third-order valence-corrected chi connectivity index (χ3v) is 3.73. The first kappa shape index (κ1) is 17.7. The van der Waals surface area contributed by atoms with E-state index in [2.05, 4.69) is 5.32 Å². The van der Waals surface area contributed by atoms with Gasteiger partial charge in [-0.05, 0) is 43.7 Å². The Labute approximate surface area is 141 Å². The summed E-state index contributed by atoms with van der Waals surface area (Å²) in [6.07, 6.45) is 0. The average Bonchev–Trinajstić information content (AvgIpc) is 2.52. The lowest BCUT2D eigenvalue weighted by atomic mass is 10.1. The zero-order valence-corrected chi connectivity index (χ0v) is 14.1. The van der Waals surface area contributed by atoms with Crippen LogP contribution in [0, 0.1) is 19.7 Å². The summed E-state index contributed by atoms with van der Waals surface area (Å²) in [6.45, 7) is 6.06. The molecule has 0 heterocycles. The Hall–Kier alpha value is -2.69. The number of carbonyl (C=O) groups is 2. The predicted octanol–water partition coefficient (Wildman–Crippen LogP) is 3.23. The number of carbonyl (C=O) groups excluding carboxylic acids is 2. The number of hydrogen-bond acceptors (Lipinski definition) is 2. The van der Waals surface area contributed by atoms with Crippen molar-refractivity contribution < 1.29 is 14.0 Å². The lowest BCUT2D eigenvalue weighted by Gasteiger charge is -2.23. The van der Waals surface area contributed by atoms with Gasteiger partial charge in [0.15, 0.2) is 0 Å². The highest BCUT2D eigenvalue weighted by Gasteiger charge is 2.14. The molecule has 5 heteroatoms. The molecule has 0 aliphatic heterocycles. The molecule has 0 bridgehead atoms. The van der Waals surface area contributed by atoms with Gasteiger partial charge in [-0.1, -0.05) is 23.8 Å². The van der Waals surface area contributed by atoms with Crippen molar-refractivity contribution in [3.05, 3.63) is 65.0 Å². The van der Waals surface area contributed by atoms with Gasteiger partial charge in [0.05, 0.1) is 0 Å². The van der Waals surface area contributed by atoms with Crippen LogP contribution in [0.3, 0.4) is 0 Å². The third kappa shape index (κ3) is 4.41. The zero-order valence-electron chi connectivity index (χ0n) is 14.1. The van der Waals surface area contributed by atoms with Crippen LogP contribution in [0.1, 0.15) is 28.4 Å². The van der Waals surface area contributed by atoms with E-state index in [9.17, 15) is 14.0 Å². The number of anilines is 1. The number of hydrogen-bond donors (Lipinski definition) is 1. The molecular weight excluding hydrogens is 307 g/mol. The molecule has 0 aliphatic rings. The minimum absolute atomic E-state index is 0.0954. The molecule has 0 unspecified atom stereocenters. The van der Waals surface area contributed by atoms with Crippen LogP contribution in [0.5, 0.6) is 0 Å². The lowest BCUT2D eigenvalue weighted by molar-refractivity contribution is -0.116. The molecule has 0 saturated heterocycles. The largest absolute Gasteiger partial charge is 0.350 e. The summed E-state index contributed by atoms with van der Waals surface area (Å²) in [7, 11) is 0. The summed E-state index contributed by atoms with van der Waals surface area (Å²) in [5.41, 5.74) is 3.21. The molecule has 1 N–H and O–H groups in total. The number of nitrogens with one attached hydrogen (secondary N) is 1. The fourth-order valence-corrected chi connectivity index (χ4v) is 2.57. The average molecular weight is 328 g/mol. The summed E-state index contributed by atoms with van der Waals surface area (Å²) < 4.78 is 13.1. The van der Waals surface area contributed by atoms with Crippen LogP contribution in [0.2, 0.25) is 0 Å². The van der Waals surface area contributed by atoms with E-state index in [0.29, 0.717) is 6.54 Å². The molecule has 2 amide bonds. The highest BCUT2D eigenvalue weighted by Crippen LogP contribution is 2.21. The van der Waals surface area contributed by atoms with Gasteiger partial charge < -0.3 is 10.2 Å². The van der Waals surface area contributed by atoms with E-state index in [1.165, 1.54) is 25.1 Å². The van der Waals surface area contributed by atoms with Crippen molar-refractivity contribution in [1.82, 2.24) is 5.32 Å². The molecule has 0 atom stereocenters. The van der Waals surface area contributed by atoms with E-state index in [-0.39, 0.29) is 23.9 Å². The van der Waals surface area contributed by atoms with E-state index >= 15 is 0 Å². The monoisotopic (exact) mass is 328 g/mol. The maximum Gasteiger partial charge on any atom is 0.251 e. The number of halogens is 1. The number of rotatable bonds is 5. The van der Waals surface area contributed by atoms with Gasteiger partial charge in [0.2, 0.25) is 5.91 Å². The van der Waals surface area contributed by atoms with Crippen molar-refractivity contribution in [2.75, 3.05) is 18.0 Å². The van der Waals surface area contributed by atoms with Gasteiger partial charge in [0, 0.05) is 31.3 Å². The van der Waals surface area contributed by atoms with Gasteiger partial charge in [0.1, 0.15) is 5.82 Å². The fraction of sp³-hybridized carbons (Fsp3) is 0.263. The van der Waals surface area contributed by atoms with Crippen LogP contribution < -0.4 is 10.2 Å². The Bertz CT molecular complexity index is 759. The fourth-order valence-electron chi connectivity index (χ4n) is 2.57. The van der Waals surface area contributed by atoms with Crippen molar-refractivity contribution in [3.8, 4) is 0 Å².